The molecule has 0 aromatic carbocycles. The van der Waals surface area contributed by atoms with Gasteiger partial charge in [0.25, 0.3) is 0 Å². The fourth-order valence-corrected chi connectivity index (χ4v) is 3.89. The van der Waals surface area contributed by atoms with Crippen molar-refractivity contribution < 1.29 is 4.74 Å². The number of hydrogen-bond acceptors (Lipinski definition) is 5. The van der Waals surface area contributed by atoms with E-state index in [9.17, 15) is 0 Å². The van der Waals surface area contributed by atoms with Crippen LogP contribution < -0.4 is 10.6 Å². The van der Waals surface area contributed by atoms with Gasteiger partial charge < -0.3 is 20.3 Å². The van der Waals surface area contributed by atoms with E-state index in [2.05, 4.69) is 19.8 Å². The van der Waals surface area contributed by atoms with E-state index in [1.807, 2.05) is 6.07 Å². The first-order chi connectivity index (χ1) is 12.2. The van der Waals surface area contributed by atoms with Gasteiger partial charge in [-0.25, -0.2) is 9.97 Å². The lowest BCUT2D eigenvalue weighted by molar-refractivity contribution is 0.0553. The first-order valence-electron chi connectivity index (χ1n) is 9.28. The molecule has 1 aromatic heterocycles. The summed E-state index contributed by atoms with van der Waals surface area (Å²) in [6, 6.07) is 1.84. The van der Waals surface area contributed by atoms with Gasteiger partial charge in [-0.2, -0.15) is 0 Å². The zero-order valence-corrected chi connectivity index (χ0v) is 15.2. The van der Waals surface area contributed by atoms with Crippen molar-refractivity contribution >= 4 is 11.9 Å². The summed E-state index contributed by atoms with van der Waals surface area (Å²) in [5.41, 5.74) is 6.47. The molecule has 1 saturated heterocycles. The Balaban J connectivity index is 1.54. The molecule has 0 atom stereocenters. The first kappa shape index (κ1) is 17.9. The average Bonchev–Trinajstić information content (AvgIpc) is 2.68. The molecule has 2 N–H and O–H groups in total. The van der Waals surface area contributed by atoms with Crippen LogP contribution in [0.1, 0.15) is 32.1 Å². The normalized spacial score (nSPS) is 21.4. The molecular weight excluding hydrogens is 316 g/mol. The lowest BCUT2D eigenvalue weighted by Gasteiger charge is -2.37. The fourth-order valence-electron chi connectivity index (χ4n) is 3.89. The van der Waals surface area contributed by atoms with E-state index in [4.69, 9.17) is 15.5 Å². The summed E-state index contributed by atoms with van der Waals surface area (Å²) in [5, 5.41) is 0. The Hall–Kier alpha value is -1.89. The zero-order valence-electron chi connectivity index (χ0n) is 15.2. The van der Waals surface area contributed by atoms with Gasteiger partial charge in [0.2, 0.25) is 5.95 Å². The largest absolute Gasteiger partial charge is 0.384 e. The van der Waals surface area contributed by atoms with Crippen LogP contribution in [0.2, 0.25) is 0 Å². The summed E-state index contributed by atoms with van der Waals surface area (Å²) in [5.74, 6) is 1.45. The van der Waals surface area contributed by atoms with Crippen molar-refractivity contribution in [1.82, 2.24) is 14.9 Å². The number of ether oxygens (including phenoxy) is 1. The maximum absolute atomic E-state index is 6.29. The number of nitrogens with two attached hydrogens (primary N) is 1. The van der Waals surface area contributed by atoms with Gasteiger partial charge in [-0.05, 0) is 18.9 Å². The van der Waals surface area contributed by atoms with Gasteiger partial charge in [-0.15, -0.1) is 0 Å². The van der Waals surface area contributed by atoms with E-state index < -0.39 is 0 Å². The minimum absolute atomic E-state index is 0.178. The van der Waals surface area contributed by atoms with Crippen molar-refractivity contribution in [3.05, 3.63) is 18.5 Å². The quantitative estimate of drug-likeness (QED) is 0.643. The smallest absolute Gasteiger partial charge is 0.225 e. The highest BCUT2D eigenvalue weighted by molar-refractivity contribution is 5.78. The standard InChI is InChI=1S/C18H30N6O/c1-25-15-18(6-3-2-4-7-18)14-22-16(19)23-10-12-24(13-11-23)17-20-8-5-9-21-17/h5,8-9H,2-4,6-7,10-15H2,1H3,(H2,19,22). The number of nitrogens with zero attached hydrogens (tertiary/aromatic N) is 5. The van der Waals surface area contributed by atoms with Gasteiger partial charge in [-0.1, -0.05) is 19.3 Å². The summed E-state index contributed by atoms with van der Waals surface area (Å²) < 4.78 is 5.48. The molecule has 2 fully saturated rings. The first-order valence-corrected chi connectivity index (χ1v) is 9.28. The van der Waals surface area contributed by atoms with Gasteiger partial charge in [0.1, 0.15) is 0 Å². The van der Waals surface area contributed by atoms with Crippen LogP contribution in [0.4, 0.5) is 5.95 Å². The SMILES string of the molecule is COCC1(CN=C(N)N2CCN(c3ncccn3)CC2)CCCCC1. The van der Waals surface area contributed by atoms with Crippen LogP contribution in [0.15, 0.2) is 23.5 Å². The minimum Gasteiger partial charge on any atom is -0.384 e. The molecule has 1 aliphatic heterocycles. The van der Waals surface area contributed by atoms with Crippen LogP contribution in [0.25, 0.3) is 0 Å². The molecule has 2 heterocycles. The van der Waals surface area contributed by atoms with Gasteiger partial charge >= 0.3 is 0 Å². The molecule has 1 aliphatic carbocycles. The highest BCUT2D eigenvalue weighted by Gasteiger charge is 2.32. The van der Waals surface area contributed by atoms with Crippen LogP contribution >= 0.6 is 0 Å². The summed E-state index contributed by atoms with van der Waals surface area (Å²) in [6.45, 7) is 4.99. The number of anilines is 1. The fraction of sp³-hybridized carbons (Fsp3) is 0.722. The molecule has 3 rings (SSSR count). The molecular formula is C18H30N6O. The third-order valence-electron chi connectivity index (χ3n) is 5.38. The van der Waals surface area contributed by atoms with E-state index in [1.54, 1.807) is 19.5 Å². The monoisotopic (exact) mass is 346 g/mol. The maximum Gasteiger partial charge on any atom is 0.225 e. The van der Waals surface area contributed by atoms with Crippen molar-refractivity contribution in [2.75, 3.05) is 51.3 Å². The summed E-state index contributed by atoms with van der Waals surface area (Å²) in [7, 11) is 1.79. The molecule has 0 bridgehead atoms. The number of rotatable bonds is 5. The van der Waals surface area contributed by atoms with Crippen LogP contribution in [-0.4, -0.2) is 67.3 Å². The minimum atomic E-state index is 0.178. The topological polar surface area (TPSA) is 79.9 Å². The van der Waals surface area contributed by atoms with Crippen molar-refractivity contribution in [3.63, 3.8) is 0 Å². The van der Waals surface area contributed by atoms with Crippen molar-refractivity contribution in [2.24, 2.45) is 16.1 Å². The molecule has 7 heteroatoms. The second-order valence-electron chi connectivity index (χ2n) is 7.19. The molecule has 0 spiro atoms. The molecule has 138 valence electrons. The summed E-state index contributed by atoms with van der Waals surface area (Å²) in [4.78, 5) is 17.8. The third kappa shape index (κ3) is 4.60. The van der Waals surface area contributed by atoms with E-state index in [1.165, 1.54) is 32.1 Å². The molecule has 0 radical (unpaired) electrons. The Morgan fingerprint density at radius 1 is 1.16 bits per heavy atom. The predicted octanol–water partition coefficient (Wildman–Crippen LogP) is 1.51. The highest BCUT2D eigenvalue weighted by atomic mass is 16.5. The third-order valence-corrected chi connectivity index (χ3v) is 5.38. The molecule has 0 unspecified atom stereocenters. The number of aromatic nitrogens is 2. The second kappa shape index (κ2) is 8.47. The maximum atomic E-state index is 6.29. The van der Waals surface area contributed by atoms with Gasteiger partial charge in [0.15, 0.2) is 5.96 Å². The number of piperazine rings is 1. The number of aliphatic imine (C=N–C) groups is 1. The molecule has 7 nitrogen and oxygen atoms in total. The molecule has 2 aliphatic rings. The lowest BCUT2D eigenvalue weighted by Crippen LogP contribution is -2.52. The Kier molecular flexibility index (Phi) is 6.07. The average molecular weight is 346 g/mol. The number of guanidine groups is 1. The lowest BCUT2D eigenvalue weighted by atomic mass is 9.75. The van der Waals surface area contributed by atoms with E-state index >= 15 is 0 Å². The Morgan fingerprint density at radius 2 is 1.84 bits per heavy atom. The van der Waals surface area contributed by atoms with Gasteiger partial charge in [0, 0.05) is 51.1 Å². The van der Waals surface area contributed by atoms with E-state index in [0.717, 1.165) is 45.3 Å². The van der Waals surface area contributed by atoms with Crippen LogP contribution in [-0.2, 0) is 4.74 Å². The molecule has 25 heavy (non-hydrogen) atoms. The van der Waals surface area contributed by atoms with Gasteiger partial charge in [0.05, 0.1) is 13.2 Å². The molecule has 1 aromatic rings. The van der Waals surface area contributed by atoms with Crippen molar-refractivity contribution in [3.8, 4) is 0 Å². The number of hydrogen-bond donors (Lipinski definition) is 1. The van der Waals surface area contributed by atoms with Crippen LogP contribution in [0, 0.1) is 5.41 Å². The molecule has 0 amide bonds. The Bertz CT molecular complexity index is 544. The Morgan fingerprint density at radius 3 is 2.48 bits per heavy atom. The van der Waals surface area contributed by atoms with Crippen molar-refractivity contribution in [2.45, 2.75) is 32.1 Å². The molecule has 1 saturated carbocycles. The summed E-state index contributed by atoms with van der Waals surface area (Å²) in [6.07, 6.45) is 9.82. The van der Waals surface area contributed by atoms with Crippen LogP contribution in [0.3, 0.4) is 0 Å². The van der Waals surface area contributed by atoms with E-state index in [-0.39, 0.29) is 5.41 Å². The zero-order chi connectivity index (χ0) is 17.5. The van der Waals surface area contributed by atoms with Crippen molar-refractivity contribution in [1.29, 1.82) is 0 Å². The van der Waals surface area contributed by atoms with E-state index in [0.29, 0.717) is 5.96 Å². The number of methoxy groups -OCH3 is 1. The van der Waals surface area contributed by atoms with Crippen LogP contribution in [0.5, 0.6) is 0 Å². The summed E-state index contributed by atoms with van der Waals surface area (Å²) >= 11 is 0. The van der Waals surface area contributed by atoms with Gasteiger partial charge in [-0.3, -0.25) is 4.99 Å². The Labute approximate surface area is 150 Å². The highest BCUT2D eigenvalue weighted by Crippen LogP contribution is 2.36. The predicted molar refractivity (Wildman–Crippen MR) is 99.7 cm³/mol. The second-order valence-corrected chi connectivity index (χ2v) is 7.19.